The first-order chi connectivity index (χ1) is 16.3. The highest BCUT2D eigenvalue weighted by atomic mass is 15.4. The maximum Gasteiger partial charge on any atom is 0.140 e. The molecular weight excluding hydrogens is 408 g/mol. The Morgan fingerprint density at radius 2 is 1.88 bits per heavy atom. The van der Waals surface area contributed by atoms with Gasteiger partial charge in [-0.05, 0) is 61.7 Å². The van der Waals surface area contributed by atoms with E-state index >= 15 is 0 Å². The van der Waals surface area contributed by atoms with Crippen LogP contribution in [-0.2, 0) is 0 Å². The first-order valence-electron chi connectivity index (χ1n) is 11.7. The summed E-state index contributed by atoms with van der Waals surface area (Å²) >= 11 is 0. The van der Waals surface area contributed by atoms with Crippen molar-refractivity contribution in [2.24, 2.45) is 0 Å². The van der Waals surface area contributed by atoms with E-state index in [0.717, 1.165) is 30.0 Å². The molecule has 0 bridgehead atoms. The Labute approximate surface area is 194 Å². The molecule has 0 radical (unpaired) electrons. The third-order valence-electron chi connectivity index (χ3n) is 6.72. The van der Waals surface area contributed by atoms with Crippen molar-refractivity contribution < 1.29 is 0 Å². The minimum atomic E-state index is 0.266. The molecule has 1 aromatic carbocycles. The molecule has 4 aromatic rings. The summed E-state index contributed by atoms with van der Waals surface area (Å²) in [6, 6.07) is 12.9. The first-order valence-corrected chi connectivity index (χ1v) is 11.7. The summed E-state index contributed by atoms with van der Waals surface area (Å²) in [5.41, 5.74) is 6.58. The monoisotopic (exact) mass is 436 g/mol. The summed E-state index contributed by atoms with van der Waals surface area (Å²) in [5.74, 6) is 0. The number of imidazole rings is 1. The molecule has 0 saturated carbocycles. The molecule has 1 fully saturated rings. The van der Waals surface area contributed by atoms with Gasteiger partial charge in [-0.2, -0.15) is 5.10 Å². The van der Waals surface area contributed by atoms with Gasteiger partial charge >= 0.3 is 0 Å². The number of nitrogens with zero attached hydrogens (tertiary/aromatic N) is 6. The number of rotatable bonds is 4. The van der Waals surface area contributed by atoms with Crippen molar-refractivity contribution in [3.05, 3.63) is 91.2 Å². The van der Waals surface area contributed by atoms with Crippen molar-refractivity contribution in [3.8, 4) is 16.9 Å². The van der Waals surface area contributed by atoms with Gasteiger partial charge in [0.25, 0.3) is 0 Å². The minimum absolute atomic E-state index is 0.266. The van der Waals surface area contributed by atoms with Crippen molar-refractivity contribution in [1.82, 2.24) is 24.1 Å². The van der Waals surface area contributed by atoms with E-state index in [-0.39, 0.29) is 6.17 Å². The summed E-state index contributed by atoms with van der Waals surface area (Å²) in [6.07, 6.45) is 20.7. The Kier molecular flexibility index (Phi) is 5.07. The van der Waals surface area contributed by atoms with E-state index in [1.807, 2.05) is 29.0 Å². The van der Waals surface area contributed by atoms with Crippen LogP contribution < -0.4 is 4.90 Å². The number of pyridine rings is 1. The predicted octanol–water partition coefficient (Wildman–Crippen LogP) is 5.20. The maximum absolute atomic E-state index is 4.76. The van der Waals surface area contributed by atoms with Gasteiger partial charge in [0.1, 0.15) is 11.8 Å². The molecule has 0 spiro atoms. The van der Waals surface area contributed by atoms with Gasteiger partial charge < -0.3 is 4.90 Å². The van der Waals surface area contributed by atoms with E-state index in [1.54, 1.807) is 6.20 Å². The van der Waals surface area contributed by atoms with Gasteiger partial charge in [-0.25, -0.2) is 4.52 Å². The zero-order valence-electron chi connectivity index (χ0n) is 18.9. The van der Waals surface area contributed by atoms with E-state index in [9.17, 15) is 0 Å². The summed E-state index contributed by atoms with van der Waals surface area (Å²) in [5, 5.41) is 4.76. The summed E-state index contributed by atoms with van der Waals surface area (Å²) < 4.78 is 4.17. The fraction of sp³-hybridized carbons (Fsp3) is 0.259. The molecule has 5 heterocycles. The molecule has 3 aromatic heterocycles. The lowest BCUT2D eigenvalue weighted by atomic mass is 10.1. The van der Waals surface area contributed by atoms with Crippen LogP contribution in [0.15, 0.2) is 85.6 Å². The molecule has 1 saturated heterocycles. The van der Waals surface area contributed by atoms with E-state index in [1.165, 1.54) is 36.2 Å². The lowest BCUT2D eigenvalue weighted by molar-refractivity contribution is 0.192. The quantitative estimate of drug-likeness (QED) is 0.441. The summed E-state index contributed by atoms with van der Waals surface area (Å²) in [7, 11) is 0. The van der Waals surface area contributed by atoms with Crippen LogP contribution in [0.25, 0.3) is 22.6 Å². The normalized spacial score (nSPS) is 18.9. The van der Waals surface area contributed by atoms with E-state index in [4.69, 9.17) is 5.10 Å². The van der Waals surface area contributed by atoms with Gasteiger partial charge in [0.05, 0.1) is 11.4 Å². The second-order valence-corrected chi connectivity index (χ2v) is 8.86. The molecule has 2 aliphatic heterocycles. The van der Waals surface area contributed by atoms with Crippen LogP contribution in [0.5, 0.6) is 0 Å². The van der Waals surface area contributed by atoms with Gasteiger partial charge in [0.15, 0.2) is 0 Å². The van der Waals surface area contributed by atoms with Crippen molar-refractivity contribution in [2.75, 3.05) is 18.0 Å². The first kappa shape index (κ1) is 20.0. The maximum atomic E-state index is 4.76. The van der Waals surface area contributed by atoms with Crippen LogP contribution in [0.4, 0.5) is 5.69 Å². The highest BCUT2D eigenvalue weighted by Crippen LogP contribution is 2.30. The SMILES string of the molecule is Cc1ccc(N2C=CC=CC2N2CCCCC2)cc1-n1ccn2nc(-c3cccnc3)cc12. The fourth-order valence-electron chi connectivity index (χ4n) is 4.96. The molecule has 0 aliphatic carbocycles. The fourth-order valence-corrected chi connectivity index (χ4v) is 4.96. The van der Waals surface area contributed by atoms with E-state index in [0.29, 0.717) is 0 Å². The highest BCUT2D eigenvalue weighted by Gasteiger charge is 2.25. The molecule has 33 heavy (non-hydrogen) atoms. The molecule has 6 rings (SSSR count). The highest BCUT2D eigenvalue weighted by molar-refractivity contribution is 5.67. The topological polar surface area (TPSA) is 41.6 Å². The molecule has 0 amide bonds. The number of piperidine rings is 1. The third-order valence-corrected chi connectivity index (χ3v) is 6.72. The van der Waals surface area contributed by atoms with E-state index < -0.39 is 0 Å². The largest absolute Gasteiger partial charge is 0.328 e. The van der Waals surface area contributed by atoms with Gasteiger partial charge in [0.2, 0.25) is 0 Å². The Bertz CT molecular complexity index is 1320. The van der Waals surface area contributed by atoms with Crippen LogP contribution in [0.1, 0.15) is 24.8 Å². The van der Waals surface area contributed by atoms with Crippen LogP contribution in [-0.4, -0.2) is 43.3 Å². The second-order valence-electron chi connectivity index (χ2n) is 8.86. The number of aromatic nitrogens is 4. The van der Waals surface area contributed by atoms with Gasteiger partial charge in [0, 0.05) is 61.4 Å². The average molecular weight is 437 g/mol. The van der Waals surface area contributed by atoms with Gasteiger partial charge in [-0.1, -0.05) is 18.6 Å². The molecule has 6 nitrogen and oxygen atoms in total. The Morgan fingerprint density at radius 3 is 2.73 bits per heavy atom. The van der Waals surface area contributed by atoms with Gasteiger partial charge in [-0.15, -0.1) is 0 Å². The molecule has 0 N–H and O–H groups in total. The average Bonchev–Trinajstić information content (AvgIpc) is 3.47. The summed E-state index contributed by atoms with van der Waals surface area (Å²) in [4.78, 5) is 9.23. The molecule has 6 heteroatoms. The minimum Gasteiger partial charge on any atom is -0.328 e. The van der Waals surface area contributed by atoms with Crippen molar-refractivity contribution in [3.63, 3.8) is 0 Å². The number of aryl methyl sites for hydroxylation is 1. The van der Waals surface area contributed by atoms with E-state index in [2.05, 4.69) is 81.2 Å². The third kappa shape index (κ3) is 3.66. The van der Waals surface area contributed by atoms with Crippen LogP contribution in [0.2, 0.25) is 0 Å². The summed E-state index contributed by atoms with van der Waals surface area (Å²) in [6.45, 7) is 4.48. The molecule has 1 atom stereocenters. The van der Waals surface area contributed by atoms with Gasteiger partial charge in [-0.3, -0.25) is 14.5 Å². The van der Waals surface area contributed by atoms with Crippen molar-refractivity contribution >= 4 is 11.3 Å². The lowest BCUT2D eigenvalue weighted by Crippen LogP contribution is -2.48. The number of fused-ring (bicyclic) bond motifs is 1. The van der Waals surface area contributed by atoms with Crippen molar-refractivity contribution in [1.29, 1.82) is 0 Å². The zero-order chi connectivity index (χ0) is 22.2. The Hall–Kier alpha value is -3.64. The Balaban J connectivity index is 1.38. The number of hydrogen-bond acceptors (Lipinski definition) is 4. The smallest absolute Gasteiger partial charge is 0.140 e. The number of hydrogen-bond donors (Lipinski definition) is 0. The molecule has 166 valence electrons. The lowest BCUT2D eigenvalue weighted by Gasteiger charge is -2.40. The van der Waals surface area contributed by atoms with Crippen molar-refractivity contribution in [2.45, 2.75) is 32.4 Å². The number of anilines is 1. The number of benzene rings is 1. The predicted molar refractivity (Wildman–Crippen MR) is 132 cm³/mol. The number of likely N-dealkylation sites (tertiary alicyclic amines) is 1. The van der Waals surface area contributed by atoms with Crippen LogP contribution in [0.3, 0.4) is 0 Å². The molecule has 2 aliphatic rings. The Morgan fingerprint density at radius 1 is 0.970 bits per heavy atom. The number of allylic oxidation sites excluding steroid dienone is 2. The second kappa shape index (κ2) is 8.37. The van der Waals surface area contributed by atoms with Crippen LogP contribution in [0, 0.1) is 6.92 Å². The zero-order valence-corrected chi connectivity index (χ0v) is 18.9. The van der Waals surface area contributed by atoms with Crippen LogP contribution >= 0.6 is 0 Å². The standard InChI is InChI=1S/C27H28N6/c1-21-10-11-23(31-15-6-3-9-26(31)30-13-4-2-5-14-30)18-25(21)32-16-17-33-27(32)19-24(29-33)22-8-7-12-28-20-22/h3,6-12,15-20,26H,2,4-5,13-14H2,1H3. The molecular formula is C27H28N6. The molecule has 1 unspecified atom stereocenters.